The van der Waals surface area contributed by atoms with E-state index in [-0.39, 0.29) is 5.75 Å². The molecule has 4 nitrogen and oxygen atoms in total. The predicted molar refractivity (Wildman–Crippen MR) is 75.3 cm³/mol. The lowest BCUT2D eigenvalue weighted by atomic mass is 9.92. The Balaban J connectivity index is 1.98. The van der Waals surface area contributed by atoms with E-state index in [0.29, 0.717) is 21.9 Å². The van der Waals surface area contributed by atoms with Crippen LogP contribution < -0.4 is 4.18 Å². The first kappa shape index (κ1) is 14.5. The highest BCUT2D eigenvalue weighted by Gasteiger charge is 2.50. The SMILES string of the molecule is O=S(=O)(Oc1c2c(cc3ccccc13)C1C=CC2O1)C(F)(F)F. The number of hydrogen-bond donors (Lipinski definition) is 0. The molecule has 0 spiro atoms. The average Bonchev–Trinajstić information content (AvgIpc) is 3.07. The molecule has 0 radical (unpaired) electrons. The molecule has 4 rings (SSSR count). The van der Waals surface area contributed by atoms with Crippen LogP contribution in [0.25, 0.3) is 10.8 Å². The lowest BCUT2D eigenvalue weighted by Crippen LogP contribution is -2.28. The van der Waals surface area contributed by atoms with E-state index in [2.05, 4.69) is 4.18 Å². The van der Waals surface area contributed by atoms with Crippen molar-refractivity contribution in [2.24, 2.45) is 0 Å². The number of alkyl halides is 3. The summed E-state index contributed by atoms with van der Waals surface area (Å²) in [4.78, 5) is 0. The molecule has 2 aromatic rings. The van der Waals surface area contributed by atoms with Crippen LogP contribution >= 0.6 is 0 Å². The van der Waals surface area contributed by atoms with Gasteiger partial charge >= 0.3 is 15.6 Å². The Morgan fingerprint density at radius 3 is 2.52 bits per heavy atom. The summed E-state index contributed by atoms with van der Waals surface area (Å²) in [5, 5.41) is 0.881. The second kappa shape index (κ2) is 4.48. The Morgan fingerprint density at radius 1 is 1.09 bits per heavy atom. The summed E-state index contributed by atoms with van der Waals surface area (Å²) in [5.41, 5.74) is -4.53. The zero-order valence-corrected chi connectivity index (χ0v) is 12.2. The molecule has 2 bridgehead atoms. The molecule has 0 saturated heterocycles. The van der Waals surface area contributed by atoms with E-state index in [9.17, 15) is 21.6 Å². The van der Waals surface area contributed by atoms with Gasteiger partial charge in [-0.25, -0.2) is 0 Å². The number of hydrogen-bond acceptors (Lipinski definition) is 4. The molecule has 2 aliphatic rings. The van der Waals surface area contributed by atoms with Crippen LogP contribution in [0.3, 0.4) is 0 Å². The van der Waals surface area contributed by atoms with Crippen molar-refractivity contribution >= 4 is 20.9 Å². The maximum Gasteiger partial charge on any atom is 0.534 e. The molecule has 8 heteroatoms. The zero-order valence-electron chi connectivity index (χ0n) is 11.4. The topological polar surface area (TPSA) is 52.6 Å². The molecule has 2 heterocycles. The van der Waals surface area contributed by atoms with E-state index in [4.69, 9.17) is 4.74 Å². The third kappa shape index (κ3) is 2.05. The van der Waals surface area contributed by atoms with Crippen molar-refractivity contribution in [1.82, 2.24) is 0 Å². The second-order valence-electron chi connectivity index (χ2n) is 5.28. The van der Waals surface area contributed by atoms with E-state index in [0.717, 1.165) is 0 Å². The van der Waals surface area contributed by atoms with Gasteiger partial charge in [-0.15, -0.1) is 0 Å². The smallest absolute Gasteiger partial charge is 0.375 e. The molecule has 0 amide bonds. The van der Waals surface area contributed by atoms with Crippen LogP contribution in [-0.4, -0.2) is 13.9 Å². The van der Waals surface area contributed by atoms with E-state index < -0.39 is 27.8 Å². The van der Waals surface area contributed by atoms with Crippen molar-refractivity contribution in [2.75, 3.05) is 0 Å². The summed E-state index contributed by atoms with van der Waals surface area (Å²) in [7, 11) is -5.76. The largest absolute Gasteiger partial charge is 0.534 e. The van der Waals surface area contributed by atoms with Crippen molar-refractivity contribution in [3.63, 3.8) is 0 Å². The normalized spacial score (nSPS) is 22.6. The van der Waals surface area contributed by atoms with Gasteiger partial charge in [0.2, 0.25) is 0 Å². The molecular weight excluding hydrogens is 333 g/mol. The Bertz CT molecular complexity index is 947. The van der Waals surface area contributed by atoms with Gasteiger partial charge in [0.1, 0.15) is 12.2 Å². The van der Waals surface area contributed by atoms with E-state index >= 15 is 0 Å². The summed E-state index contributed by atoms with van der Waals surface area (Å²) in [5.74, 6) is -0.313. The van der Waals surface area contributed by atoms with Gasteiger partial charge < -0.3 is 8.92 Å². The minimum Gasteiger partial charge on any atom is -0.375 e. The van der Waals surface area contributed by atoms with Crippen LogP contribution in [0.5, 0.6) is 5.75 Å². The van der Waals surface area contributed by atoms with Crippen molar-refractivity contribution in [1.29, 1.82) is 0 Å². The van der Waals surface area contributed by atoms with Crippen molar-refractivity contribution in [3.8, 4) is 5.75 Å². The average molecular weight is 342 g/mol. The second-order valence-corrected chi connectivity index (χ2v) is 6.81. The van der Waals surface area contributed by atoms with Gasteiger partial charge in [-0.1, -0.05) is 36.4 Å². The van der Waals surface area contributed by atoms with Crippen LogP contribution in [0.2, 0.25) is 0 Å². The summed E-state index contributed by atoms with van der Waals surface area (Å²) in [6, 6.07) is 8.29. The minimum absolute atomic E-state index is 0.295. The Labute approximate surface area is 129 Å². The number of ether oxygens (including phenoxy) is 1. The molecule has 120 valence electrons. The van der Waals surface area contributed by atoms with Gasteiger partial charge in [0.15, 0.2) is 5.75 Å². The molecule has 2 aromatic carbocycles. The van der Waals surface area contributed by atoms with Crippen molar-refractivity contribution in [3.05, 3.63) is 53.6 Å². The lowest BCUT2D eigenvalue weighted by Gasteiger charge is -2.17. The number of halogens is 3. The Hall–Kier alpha value is -2.06. The first-order chi connectivity index (χ1) is 10.8. The fourth-order valence-corrected chi connectivity index (χ4v) is 3.41. The number of benzene rings is 2. The van der Waals surface area contributed by atoms with Gasteiger partial charge in [0, 0.05) is 10.9 Å². The quantitative estimate of drug-likeness (QED) is 0.474. The van der Waals surface area contributed by atoms with E-state index in [1.54, 1.807) is 36.4 Å². The molecule has 0 fully saturated rings. The molecular formula is C15H9F3O4S. The van der Waals surface area contributed by atoms with Gasteiger partial charge in [-0.2, -0.15) is 21.6 Å². The number of fused-ring (bicyclic) bond motifs is 6. The first-order valence-corrected chi connectivity index (χ1v) is 8.09. The fraction of sp³-hybridized carbons (Fsp3) is 0.200. The van der Waals surface area contributed by atoms with E-state index in [1.807, 2.05) is 0 Å². The van der Waals surface area contributed by atoms with Crippen LogP contribution in [0.15, 0.2) is 42.5 Å². The fourth-order valence-electron chi connectivity index (χ4n) is 2.92. The molecule has 2 unspecified atom stereocenters. The third-order valence-corrected chi connectivity index (χ3v) is 4.85. The van der Waals surface area contributed by atoms with Gasteiger partial charge in [0.05, 0.1) is 0 Å². The van der Waals surface area contributed by atoms with Crippen LogP contribution in [0.1, 0.15) is 23.3 Å². The minimum atomic E-state index is -5.76. The standard InChI is InChI=1S/C15H9F3O4S/c16-15(17,18)23(19,20)22-14-9-4-2-1-3-8(9)7-10-11-5-6-12(21-11)13(10)14/h1-7,11-12H. The number of rotatable bonds is 2. The highest BCUT2D eigenvalue weighted by molar-refractivity contribution is 7.88. The van der Waals surface area contributed by atoms with Gasteiger partial charge in [-0.3, -0.25) is 0 Å². The summed E-state index contributed by atoms with van der Waals surface area (Å²) in [6.07, 6.45) is 2.46. The molecule has 2 atom stereocenters. The molecule has 0 aromatic heterocycles. The lowest BCUT2D eigenvalue weighted by molar-refractivity contribution is -0.0500. The maximum atomic E-state index is 12.7. The molecule has 0 aliphatic carbocycles. The van der Waals surface area contributed by atoms with Crippen LogP contribution in [0, 0.1) is 0 Å². The monoisotopic (exact) mass is 342 g/mol. The molecule has 2 aliphatic heterocycles. The molecule has 0 N–H and O–H groups in total. The summed E-state index contributed by atoms with van der Waals surface area (Å²) < 4.78 is 71.1. The Morgan fingerprint density at radius 2 is 1.78 bits per heavy atom. The maximum absolute atomic E-state index is 12.7. The summed E-state index contributed by atoms with van der Waals surface area (Å²) in [6.45, 7) is 0. The van der Waals surface area contributed by atoms with Crippen LogP contribution in [-0.2, 0) is 14.9 Å². The summed E-state index contributed by atoms with van der Waals surface area (Å²) >= 11 is 0. The molecule has 0 saturated carbocycles. The van der Waals surface area contributed by atoms with Crippen LogP contribution in [0.4, 0.5) is 13.2 Å². The highest BCUT2D eigenvalue weighted by Crippen LogP contribution is 2.52. The first-order valence-electron chi connectivity index (χ1n) is 6.68. The van der Waals surface area contributed by atoms with E-state index in [1.165, 1.54) is 6.07 Å². The molecule has 23 heavy (non-hydrogen) atoms. The third-order valence-electron chi connectivity index (χ3n) is 3.89. The van der Waals surface area contributed by atoms with Crippen molar-refractivity contribution < 1.29 is 30.5 Å². The van der Waals surface area contributed by atoms with Gasteiger partial charge in [0.25, 0.3) is 0 Å². The van der Waals surface area contributed by atoms with Gasteiger partial charge in [-0.05, 0) is 17.0 Å². The Kier molecular flexibility index (Phi) is 2.83. The predicted octanol–water partition coefficient (Wildman–Crippen LogP) is 3.75. The zero-order chi connectivity index (χ0) is 16.4. The highest BCUT2D eigenvalue weighted by atomic mass is 32.2. The van der Waals surface area contributed by atoms with Crippen molar-refractivity contribution in [2.45, 2.75) is 17.7 Å².